The van der Waals surface area contributed by atoms with Crippen molar-refractivity contribution in [3.05, 3.63) is 133 Å². The Hall–Kier alpha value is -4.98. The summed E-state index contributed by atoms with van der Waals surface area (Å²) >= 11 is 1.92. The lowest BCUT2D eigenvalue weighted by Gasteiger charge is -2.15. The van der Waals surface area contributed by atoms with Gasteiger partial charge in [0.15, 0.2) is 0 Å². The normalized spacial score (nSPS) is 12.4. The molecular formula is C40H22S. The Morgan fingerprint density at radius 3 is 1.68 bits per heavy atom. The number of hydrogen-bond acceptors (Lipinski definition) is 1. The molecule has 188 valence electrons. The number of fused-ring (bicyclic) bond motifs is 1. The third-order valence-electron chi connectivity index (χ3n) is 9.12. The van der Waals surface area contributed by atoms with Crippen molar-refractivity contribution in [3.8, 4) is 22.3 Å². The Morgan fingerprint density at radius 2 is 0.902 bits per heavy atom. The molecule has 0 aliphatic carbocycles. The predicted molar refractivity (Wildman–Crippen MR) is 180 cm³/mol. The highest BCUT2D eigenvalue weighted by molar-refractivity contribution is 7.26. The fourth-order valence-electron chi connectivity index (χ4n) is 7.24. The summed E-state index contributed by atoms with van der Waals surface area (Å²) in [5.74, 6) is 0. The van der Waals surface area contributed by atoms with Crippen LogP contribution in [0.1, 0.15) is 0 Å². The molecule has 41 heavy (non-hydrogen) atoms. The highest BCUT2D eigenvalue weighted by Crippen LogP contribution is 2.45. The van der Waals surface area contributed by atoms with Gasteiger partial charge >= 0.3 is 0 Å². The van der Waals surface area contributed by atoms with Crippen LogP contribution in [0.5, 0.6) is 0 Å². The highest BCUT2D eigenvalue weighted by atomic mass is 32.1. The van der Waals surface area contributed by atoms with Gasteiger partial charge in [-0.3, -0.25) is 0 Å². The van der Waals surface area contributed by atoms with Gasteiger partial charge in [-0.25, -0.2) is 0 Å². The van der Waals surface area contributed by atoms with Gasteiger partial charge in [0.2, 0.25) is 0 Å². The zero-order valence-electron chi connectivity index (χ0n) is 22.1. The zero-order valence-corrected chi connectivity index (χ0v) is 22.9. The van der Waals surface area contributed by atoms with Crippen LogP contribution in [0, 0.1) is 0 Å². The average Bonchev–Trinajstić information content (AvgIpc) is 3.43. The maximum Gasteiger partial charge on any atom is 0.0440 e. The van der Waals surface area contributed by atoms with Gasteiger partial charge in [0, 0.05) is 20.2 Å². The summed E-state index contributed by atoms with van der Waals surface area (Å²) in [5.41, 5.74) is 5.17. The Labute approximate surface area is 240 Å². The maximum atomic E-state index is 2.38. The topological polar surface area (TPSA) is 0 Å². The Kier molecular flexibility index (Phi) is 4.15. The van der Waals surface area contributed by atoms with Gasteiger partial charge in [0.1, 0.15) is 0 Å². The molecule has 10 aromatic rings. The Bertz CT molecular complexity index is 2630. The van der Waals surface area contributed by atoms with E-state index in [4.69, 9.17) is 0 Å². The standard InChI is InChI=1S/C40H22S/c1-4-23-10-11-24-5-2-8-33-34(22-31(7-1)36(23)37(24)33)30-17-15-27-20-29(16-14-28(27)21-30)32-19-18-26-13-12-25-6-3-9-35-38(25)39(26)40(32)41-35/h1-22H. The van der Waals surface area contributed by atoms with Crippen LogP contribution in [0.15, 0.2) is 133 Å². The second-order valence-corrected chi connectivity index (χ2v) is 12.4. The monoisotopic (exact) mass is 534 g/mol. The molecule has 0 amide bonds. The van der Waals surface area contributed by atoms with E-state index < -0.39 is 0 Å². The number of thiophene rings is 1. The molecule has 0 fully saturated rings. The third-order valence-corrected chi connectivity index (χ3v) is 10.3. The fraction of sp³-hybridized carbons (Fsp3) is 0. The van der Waals surface area contributed by atoms with Crippen molar-refractivity contribution in [3.63, 3.8) is 0 Å². The first-order chi connectivity index (χ1) is 20.3. The minimum atomic E-state index is 1.27. The van der Waals surface area contributed by atoms with Gasteiger partial charge in [-0.05, 0) is 100 Å². The molecule has 1 heterocycles. The van der Waals surface area contributed by atoms with Crippen molar-refractivity contribution in [2.24, 2.45) is 0 Å². The van der Waals surface area contributed by atoms with Crippen LogP contribution < -0.4 is 0 Å². The van der Waals surface area contributed by atoms with Gasteiger partial charge in [-0.15, -0.1) is 11.3 Å². The van der Waals surface area contributed by atoms with E-state index in [-0.39, 0.29) is 0 Å². The van der Waals surface area contributed by atoms with E-state index in [0.29, 0.717) is 0 Å². The first-order valence-electron chi connectivity index (χ1n) is 14.2. The van der Waals surface area contributed by atoms with Gasteiger partial charge in [-0.1, -0.05) is 109 Å². The van der Waals surface area contributed by atoms with Crippen molar-refractivity contribution in [1.82, 2.24) is 0 Å². The van der Waals surface area contributed by atoms with Crippen molar-refractivity contribution in [1.29, 1.82) is 0 Å². The summed E-state index contributed by atoms with van der Waals surface area (Å²) < 4.78 is 2.76. The van der Waals surface area contributed by atoms with E-state index in [1.165, 1.54) is 96.3 Å². The average molecular weight is 535 g/mol. The van der Waals surface area contributed by atoms with Gasteiger partial charge in [0.25, 0.3) is 0 Å². The van der Waals surface area contributed by atoms with Crippen LogP contribution in [-0.4, -0.2) is 0 Å². The molecular weight excluding hydrogens is 513 g/mol. The predicted octanol–water partition coefficient (Wildman–Crippen LogP) is 12.0. The van der Waals surface area contributed by atoms with Crippen LogP contribution in [0.3, 0.4) is 0 Å². The molecule has 0 nitrogen and oxygen atoms in total. The molecule has 0 N–H and O–H groups in total. The summed E-state index contributed by atoms with van der Waals surface area (Å²) in [6.45, 7) is 0. The van der Waals surface area contributed by atoms with Gasteiger partial charge < -0.3 is 0 Å². The van der Waals surface area contributed by atoms with E-state index in [1.807, 2.05) is 11.3 Å². The van der Waals surface area contributed by atoms with E-state index in [0.717, 1.165) is 0 Å². The summed E-state index contributed by atoms with van der Waals surface area (Å²) in [4.78, 5) is 0. The molecule has 0 saturated heterocycles. The van der Waals surface area contributed by atoms with E-state index in [9.17, 15) is 0 Å². The first kappa shape index (κ1) is 21.8. The minimum absolute atomic E-state index is 1.27. The molecule has 0 saturated carbocycles. The second-order valence-electron chi connectivity index (χ2n) is 11.3. The minimum Gasteiger partial charge on any atom is -0.134 e. The second kappa shape index (κ2) is 7.81. The fourth-order valence-corrected chi connectivity index (χ4v) is 8.54. The Balaban J connectivity index is 1.16. The molecule has 0 bridgehead atoms. The molecule has 10 rings (SSSR count). The number of hydrogen-bond donors (Lipinski definition) is 0. The molecule has 0 aliphatic rings. The van der Waals surface area contributed by atoms with E-state index >= 15 is 0 Å². The smallest absolute Gasteiger partial charge is 0.0440 e. The number of benzene rings is 9. The van der Waals surface area contributed by atoms with Crippen LogP contribution >= 0.6 is 11.3 Å². The molecule has 0 spiro atoms. The van der Waals surface area contributed by atoms with Crippen LogP contribution in [0.4, 0.5) is 0 Å². The van der Waals surface area contributed by atoms with Crippen LogP contribution in [-0.2, 0) is 0 Å². The maximum absolute atomic E-state index is 2.38. The SMILES string of the molecule is c1cc2ccc3cccc4c(-c5ccc6cc(-c7ccc8ccc9cccc%10sc7c8c9%10)ccc6c5)cc(c1)c2c34. The van der Waals surface area contributed by atoms with Crippen molar-refractivity contribution in [2.75, 3.05) is 0 Å². The lowest BCUT2D eigenvalue weighted by atomic mass is 9.88. The summed E-state index contributed by atoms with van der Waals surface area (Å²) in [5, 5.41) is 16.0. The van der Waals surface area contributed by atoms with E-state index in [2.05, 4.69) is 133 Å². The van der Waals surface area contributed by atoms with Crippen molar-refractivity contribution >= 4 is 85.4 Å². The Morgan fingerprint density at radius 1 is 0.341 bits per heavy atom. The molecule has 9 aromatic carbocycles. The third kappa shape index (κ3) is 2.94. The van der Waals surface area contributed by atoms with Crippen molar-refractivity contribution in [2.45, 2.75) is 0 Å². The molecule has 0 unspecified atom stereocenters. The largest absolute Gasteiger partial charge is 0.134 e. The molecule has 0 atom stereocenters. The summed E-state index contributed by atoms with van der Waals surface area (Å²) in [7, 11) is 0. The molecule has 0 radical (unpaired) electrons. The number of rotatable bonds is 2. The lowest BCUT2D eigenvalue weighted by molar-refractivity contribution is 1.69. The molecule has 1 aromatic heterocycles. The zero-order chi connectivity index (χ0) is 26.7. The quantitative estimate of drug-likeness (QED) is 0.193. The summed E-state index contributed by atoms with van der Waals surface area (Å²) in [6, 6.07) is 50.0. The van der Waals surface area contributed by atoms with Gasteiger partial charge in [0.05, 0.1) is 0 Å². The van der Waals surface area contributed by atoms with Gasteiger partial charge in [-0.2, -0.15) is 0 Å². The molecule has 0 aliphatic heterocycles. The first-order valence-corrected chi connectivity index (χ1v) is 15.0. The van der Waals surface area contributed by atoms with Crippen LogP contribution in [0.25, 0.3) is 96.3 Å². The molecule has 1 heteroatoms. The lowest BCUT2D eigenvalue weighted by Crippen LogP contribution is -1.88. The summed E-state index contributed by atoms with van der Waals surface area (Å²) in [6.07, 6.45) is 0. The highest BCUT2D eigenvalue weighted by Gasteiger charge is 2.16. The van der Waals surface area contributed by atoms with Crippen molar-refractivity contribution < 1.29 is 0 Å². The van der Waals surface area contributed by atoms with Crippen LogP contribution in [0.2, 0.25) is 0 Å². The van der Waals surface area contributed by atoms with E-state index in [1.54, 1.807) is 0 Å².